The highest BCUT2D eigenvalue weighted by atomic mass is 32.1. The molecule has 3 rings (SSSR count). The van der Waals surface area contributed by atoms with E-state index in [1.165, 1.54) is 16.5 Å². The lowest BCUT2D eigenvalue weighted by Gasteiger charge is -2.05. The summed E-state index contributed by atoms with van der Waals surface area (Å²) in [5.74, 6) is 0. The fourth-order valence-corrected chi connectivity index (χ4v) is 3.62. The van der Waals surface area contributed by atoms with Crippen LogP contribution in [0.1, 0.15) is 4.88 Å². The maximum Gasteiger partial charge on any atom is 0.292 e. The van der Waals surface area contributed by atoms with E-state index in [1.54, 1.807) is 40.9 Å². The molecule has 1 N–H and O–H groups in total. The highest BCUT2D eigenvalue weighted by Gasteiger charge is 2.12. The van der Waals surface area contributed by atoms with Gasteiger partial charge in [0.25, 0.3) is 5.69 Å². The van der Waals surface area contributed by atoms with Gasteiger partial charge in [0.2, 0.25) is 0 Å². The molecule has 21 heavy (non-hydrogen) atoms. The monoisotopic (exact) mass is 316 g/mol. The van der Waals surface area contributed by atoms with Crippen molar-refractivity contribution in [2.24, 2.45) is 0 Å². The lowest BCUT2D eigenvalue weighted by atomic mass is 10.2. The van der Waals surface area contributed by atoms with Crippen LogP contribution < -0.4 is 5.32 Å². The van der Waals surface area contributed by atoms with Crippen LogP contribution >= 0.6 is 22.7 Å². The van der Waals surface area contributed by atoms with Gasteiger partial charge in [-0.05, 0) is 29.0 Å². The van der Waals surface area contributed by atoms with Crippen LogP contribution in [0, 0.1) is 10.1 Å². The minimum absolute atomic E-state index is 0.104. The summed E-state index contributed by atoms with van der Waals surface area (Å²) in [5, 5.41) is 18.3. The van der Waals surface area contributed by atoms with E-state index in [2.05, 4.69) is 28.2 Å². The van der Waals surface area contributed by atoms with Crippen molar-refractivity contribution in [3.8, 4) is 10.4 Å². The lowest BCUT2D eigenvalue weighted by molar-refractivity contribution is -0.384. The summed E-state index contributed by atoms with van der Waals surface area (Å²) in [7, 11) is 0. The zero-order valence-electron chi connectivity index (χ0n) is 11.0. The number of nitrogens with one attached hydrogen (secondary N) is 1. The first-order chi connectivity index (χ1) is 10.2. The number of para-hydroxylation sites is 2. The Morgan fingerprint density at radius 2 is 2.00 bits per heavy atom. The summed E-state index contributed by atoms with van der Waals surface area (Å²) >= 11 is 3.36. The molecule has 0 aliphatic heterocycles. The van der Waals surface area contributed by atoms with Gasteiger partial charge in [0.15, 0.2) is 0 Å². The quantitative estimate of drug-likeness (QED) is 0.532. The molecule has 2 aromatic heterocycles. The van der Waals surface area contributed by atoms with Crippen LogP contribution in [0.2, 0.25) is 0 Å². The Balaban J connectivity index is 1.73. The standard InChI is InChI=1S/C15H12N2O2S2/c18-17(19)14-5-2-1-4-13(14)16-9-12-8-11(10-21-12)15-6-3-7-20-15/h1-8,10,16H,9H2. The lowest BCUT2D eigenvalue weighted by Crippen LogP contribution is -2.01. The van der Waals surface area contributed by atoms with Gasteiger partial charge in [-0.25, -0.2) is 0 Å². The van der Waals surface area contributed by atoms with Crippen molar-refractivity contribution in [2.45, 2.75) is 6.54 Å². The number of hydrogen-bond acceptors (Lipinski definition) is 5. The molecule has 0 spiro atoms. The van der Waals surface area contributed by atoms with E-state index in [9.17, 15) is 10.1 Å². The van der Waals surface area contributed by atoms with Crippen LogP contribution in [0.25, 0.3) is 10.4 Å². The molecule has 0 amide bonds. The molecule has 1 aromatic carbocycles. The summed E-state index contributed by atoms with van der Waals surface area (Å²) in [4.78, 5) is 13.0. The number of thiophene rings is 2. The summed E-state index contributed by atoms with van der Waals surface area (Å²) in [6.45, 7) is 0.584. The topological polar surface area (TPSA) is 55.2 Å². The second kappa shape index (κ2) is 6.07. The van der Waals surface area contributed by atoms with Crippen molar-refractivity contribution in [3.63, 3.8) is 0 Å². The molecule has 0 radical (unpaired) electrons. The van der Waals surface area contributed by atoms with E-state index in [1.807, 2.05) is 6.07 Å². The van der Waals surface area contributed by atoms with Gasteiger partial charge >= 0.3 is 0 Å². The van der Waals surface area contributed by atoms with Gasteiger partial charge in [-0.15, -0.1) is 22.7 Å². The van der Waals surface area contributed by atoms with Crippen LogP contribution in [-0.4, -0.2) is 4.92 Å². The van der Waals surface area contributed by atoms with Crippen LogP contribution in [0.5, 0.6) is 0 Å². The van der Waals surface area contributed by atoms with Crippen molar-refractivity contribution in [3.05, 3.63) is 68.2 Å². The third-order valence-corrected chi connectivity index (χ3v) is 4.87. The molecule has 4 nitrogen and oxygen atoms in total. The van der Waals surface area contributed by atoms with Gasteiger partial charge in [0.05, 0.1) is 4.92 Å². The maximum atomic E-state index is 11.0. The second-order valence-electron chi connectivity index (χ2n) is 4.41. The first kappa shape index (κ1) is 13.8. The highest BCUT2D eigenvalue weighted by Crippen LogP contribution is 2.30. The molecule has 0 unspecified atom stereocenters. The molecule has 106 valence electrons. The molecule has 0 atom stereocenters. The van der Waals surface area contributed by atoms with Crippen molar-refractivity contribution < 1.29 is 4.92 Å². The third-order valence-electron chi connectivity index (χ3n) is 3.01. The van der Waals surface area contributed by atoms with Crippen LogP contribution in [0.3, 0.4) is 0 Å². The molecule has 6 heteroatoms. The zero-order valence-corrected chi connectivity index (χ0v) is 12.6. The summed E-state index contributed by atoms with van der Waals surface area (Å²) in [5.41, 5.74) is 1.86. The van der Waals surface area contributed by atoms with E-state index in [4.69, 9.17) is 0 Å². The first-order valence-electron chi connectivity index (χ1n) is 6.32. The molecular weight excluding hydrogens is 304 g/mol. The van der Waals surface area contributed by atoms with Crippen molar-refractivity contribution in [2.75, 3.05) is 5.32 Å². The number of nitro groups is 1. The van der Waals surface area contributed by atoms with Gasteiger partial charge in [-0.1, -0.05) is 18.2 Å². The van der Waals surface area contributed by atoms with Crippen LogP contribution in [-0.2, 0) is 6.54 Å². The van der Waals surface area contributed by atoms with E-state index >= 15 is 0 Å². The Morgan fingerprint density at radius 3 is 2.76 bits per heavy atom. The Morgan fingerprint density at radius 1 is 1.14 bits per heavy atom. The molecule has 0 fully saturated rings. The SMILES string of the molecule is O=[N+]([O-])c1ccccc1NCc1cc(-c2cccs2)cs1. The van der Waals surface area contributed by atoms with Crippen LogP contribution in [0.15, 0.2) is 53.2 Å². The zero-order chi connectivity index (χ0) is 14.7. The first-order valence-corrected chi connectivity index (χ1v) is 8.08. The predicted molar refractivity (Wildman–Crippen MR) is 88.1 cm³/mol. The Hall–Kier alpha value is -2.18. The van der Waals surface area contributed by atoms with Gasteiger partial charge in [0.1, 0.15) is 5.69 Å². The Bertz CT molecular complexity index is 751. The van der Waals surface area contributed by atoms with Gasteiger partial charge in [-0.2, -0.15) is 0 Å². The summed E-state index contributed by atoms with van der Waals surface area (Å²) in [6.07, 6.45) is 0. The summed E-state index contributed by atoms with van der Waals surface area (Å²) in [6, 6.07) is 12.9. The van der Waals surface area contributed by atoms with Crippen molar-refractivity contribution in [1.82, 2.24) is 0 Å². The van der Waals surface area contributed by atoms with Crippen molar-refractivity contribution >= 4 is 34.0 Å². The number of rotatable bonds is 5. The Kier molecular flexibility index (Phi) is 3.98. The largest absolute Gasteiger partial charge is 0.375 e. The molecule has 0 saturated heterocycles. The minimum atomic E-state index is -0.367. The molecule has 0 aliphatic rings. The smallest absolute Gasteiger partial charge is 0.292 e. The van der Waals surface area contributed by atoms with E-state index in [-0.39, 0.29) is 10.6 Å². The molecule has 0 saturated carbocycles. The number of nitro benzene ring substituents is 1. The number of hydrogen-bond donors (Lipinski definition) is 1. The minimum Gasteiger partial charge on any atom is -0.375 e. The number of anilines is 1. The van der Waals surface area contributed by atoms with Gasteiger partial charge in [-0.3, -0.25) is 10.1 Å². The predicted octanol–water partition coefficient (Wildman–Crippen LogP) is 5.00. The van der Waals surface area contributed by atoms with Crippen molar-refractivity contribution in [1.29, 1.82) is 0 Å². The average molecular weight is 316 g/mol. The molecular formula is C15H12N2O2S2. The average Bonchev–Trinajstić information content (AvgIpc) is 3.16. The number of nitrogens with zero attached hydrogens (tertiary/aromatic N) is 1. The fraction of sp³-hybridized carbons (Fsp3) is 0.0667. The molecule has 0 bridgehead atoms. The van der Waals surface area contributed by atoms with E-state index < -0.39 is 0 Å². The molecule has 0 aliphatic carbocycles. The van der Waals surface area contributed by atoms with Gasteiger partial charge < -0.3 is 5.32 Å². The van der Waals surface area contributed by atoms with Gasteiger partial charge in [0, 0.05) is 27.9 Å². The summed E-state index contributed by atoms with van der Waals surface area (Å²) < 4.78 is 0. The normalized spacial score (nSPS) is 10.5. The Labute approximate surface area is 129 Å². The third kappa shape index (κ3) is 3.12. The highest BCUT2D eigenvalue weighted by molar-refractivity contribution is 7.14. The second-order valence-corrected chi connectivity index (χ2v) is 6.35. The van der Waals surface area contributed by atoms with E-state index in [0.717, 1.165) is 4.88 Å². The molecule has 3 aromatic rings. The van der Waals surface area contributed by atoms with E-state index in [0.29, 0.717) is 12.2 Å². The van der Waals surface area contributed by atoms with Crippen LogP contribution in [0.4, 0.5) is 11.4 Å². The number of benzene rings is 1. The fourth-order valence-electron chi connectivity index (χ4n) is 2.01. The molecule has 2 heterocycles. The maximum absolute atomic E-state index is 11.0.